The quantitative estimate of drug-likeness (QED) is 0.365. The normalized spacial score (nSPS) is 12.9. The van der Waals surface area contributed by atoms with Gasteiger partial charge in [-0.25, -0.2) is 9.67 Å². The van der Waals surface area contributed by atoms with E-state index >= 15 is 0 Å². The molecule has 0 aliphatic carbocycles. The summed E-state index contributed by atoms with van der Waals surface area (Å²) in [4.78, 5) is 46.1. The predicted molar refractivity (Wildman–Crippen MR) is 149 cm³/mol. The molecule has 40 heavy (non-hydrogen) atoms. The van der Waals surface area contributed by atoms with E-state index in [2.05, 4.69) is 10.1 Å². The van der Waals surface area contributed by atoms with E-state index in [-0.39, 0.29) is 23.4 Å². The summed E-state index contributed by atoms with van der Waals surface area (Å²) in [5.41, 5.74) is 8.74. The molecule has 0 radical (unpaired) electrons. The van der Waals surface area contributed by atoms with Gasteiger partial charge in [-0.3, -0.25) is 14.4 Å². The molecule has 0 unspecified atom stereocenters. The number of imidazole rings is 1. The Morgan fingerprint density at radius 1 is 1.05 bits per heavy atom. The van der Waals surface area contributed by atoms with E-state index in [1.165, 1.54) is 4.68 Å². The van der Waals surface area contributed by atoms with Gasteiger partial charge in [-0.15, -0.1) is 0 Å². The van der Waals surface area contributed by atoms with Crippen LogP contribution in [0.1, 0.15) is 46.2 Å². The van der Waals surface area contributed by atoms with Gasteiger partial charge in [0.1, 0.15) is 17.3 Å². The maximum absolute atomic E-state index is 13.8. The lowest BCUT2D eigenvalue weighted by Crippen LogP contribution is -2.39. The predicted octanol–water partition coefficient (Wildman–Crippen LogP) is 2.98. The van der Waals surface area contributed by atoms with E-state index in [9.17, 15) is 14.4 Å². The van der Waals surface area contributed by atoms with Crippen molar-refractivity contribution in [2.45, 2.75) is 26.8 Å². The first-order valence-corrected chi connectivity index (χ1v) is 12.9. The minimum atomic E-state index is -0.675. The van der Waals surface area contributed by atoms with Crippen LogP contribution in [0.15, 0.2) is 60.9 Å². The van der Waals surface area contributed by atoms with Crippen LogP contribution in [0.25, 0.3) is 11.4 Å². The Bertz CT molecular complexity index is 1570. The number of hydrogen-bond donors (Lipinski definition) is 1. The summed E-state index contributed by atoms with van der Waals surface area (Å²) >= 11 is 0. The first-order valence-electron chi connectivity index (χ1n) is 12.9. The van der Waals surface area contributed by atoms with Gasteiger partial charge in [0.05, 0.1) is 19.3 Å². The van der Waals surface area contributed by atoms with E-state index in [1.54, 1.807) is 54.4 Å². The van der Waals surface area contributed by atoms with E-state index in [0.29, 0.717) is 47.9 Å². The summed E-state index contributed by atoms with van der Waals surface area (Å²) in [7, 11) is 3.34. The van der Waals surface area contributed by atoms with Crippen LogP contribution in [0.2, 0.25) is 0 Å². The number of rotatable bonds is 8. The first kappa shape index (κ1) is 26.7. The van der Waals surface area contributed by atoms with Gasteiger partial charge in [-0.1, -0.05) is 13.8 Å². The number of hydrogen-bond acceptors (Lipinski definition) is 6. The van der Waals surface area contributed by atoms with Gasteiger partial charge >= 0.3 is 0 Å². The number of ether oxygens (including phenoxy) is 1. The molecule has 2 aromatic carbocycles. The van der Waals surface area contributed by atoms with Gasteiger partial charge in [0.2, 0.25) is 5.91 Å². The van der Waals surface area contributed by atoms with E-state index < -0.39 is 5.91 Å². The molecule has 1 aliphatic heterocycles. The molecule has 0 atom stereocenters. The molecule has 4 aromatic rings. The molecule has 5 rings (SSSR count). The summed E-state index contributed by atoms with van der Waals surface area (Å²) in [6, 6.07) is 14.6. The minimum absolute atomic E-state index is 0.0428. The monoisotopic (exact) mass is 541 g/mol. The summed E-state index contributed by atoms with van der Waals surface area (Å²) in [6.07, 6.45) is 3.97. The fourth-order valence-corrected chi connectivity index (χ4v) is 4.92. The first-order chi connectivity index (χ1) is 19.2. The van der Waals surface area contributed by atoms with Crippen molar-refractivity contribution in [2.75, 3.05) is 25.6 Å². The summed E-state index contributed by atoms with van der Waals surface area (Å²) in [5, 5.41) is 4.42. The summed E-state index contributed by atoms with van der Waals surface area (Å²) in [5.74, 6) is 0.377. The number of fused-ring (bicyclic) bond motifs is 1. The van der Waals surface area contributed by atoms with Crippen LogP contribution in [0.3, 0.4) is 0 Å². The number of benzene rings is 2. The molecule has 206 valence electrons. The highest BCUT2D eigenvalue weighted by atomic mass is 16.5. The second kappa shape index (κ2) is 10.7. The van der Waals surface area contributed by atoms with Crippen molar-refractivity contribution in [3.05, 3.63) is 83.7 Å². The van der Waals surface area contributed by atoms with Gasteiger partial charge < -0.3 is 24.8 Å². The zero-order valence-electron chi connectivity index (χ0n) is 22.9. The van der Waals surface area contributed by atoms with E-state index in [4.69, 9.17) is 10.5 Å². The molecule has 2 aromatic heterocycles. The lowest BCUT2D eigenvalue weighted by Gasteiger charge is -2.28. The standard InChI is InChI=1S/C29H31N7O4/c1-18(2)28(38)33(3)17-24-31-14-16-34(24)19-5-7-20(8-6-19)35-15-13-23-25(27(30)37)32-36(26(23)29(35)39)21-9-11-22(40-4)12-10-21/h5-12,14,16,18H,13,15,17H2,1-4H3,(H2,30,37). The van der Waals surface area contributed by atoms with Crippen LogP contribution in [-0.4, -0.2) is 62.7 Å². The topological polar surface area (TPSA) is 129 Å². The molecule has 2 N–H and O–H groups in total. The number of anilines is 1. The van der Waals surface area contributed by atoms with Crippen LogP contribution >= 0.6 is 0 Å². The molecule has 11 heteroatoms. The fourth-order valence-electron chi connectivity index (χ4n) is 4.92. The molecule has 0 bridgehead atoms. The van der Waals surface area contributed by atoms with Crippen molar-refractivity contribution < 1.29 is 19.1 Å². The highest BCUT2D eigenvalue weighted by molar-refractivity contribution is 6.09. The Hall–Kier alpha value is -4.93. The number of nitrogens with zero attached hydrogens (tertiary/aromatic N) is 6. The van der Waals surface area contributed by atoms with Gasteiger partial charge in [0, 0.05) is 48.8 Å². The molecule has 1 aliphatic rings. The number of primary amides is 1. The lowest BCUT2D eigenvalue weighted by molar-refractivity contribution is -0.133. The third-order valence-electron chi connectivity index (χ3n) is 6.97. The number of carbonyl (C=O) groups is 3. The Morgan fingerprint density at radius 3 is 2.33 bits per heavy atom. The summed E-state index contributed by atoms with van der Waals surface area (Å²) in [6.45, 7) is 4.48. The summed E-state index contributed by atoms with van der Waals surface area (Å²) < 4.78 is 8.63. The highest BCUT2D eigenvalue weighted by Gasteiger charge is 2.34. The number of aromatic nitrogens is 4. The maximum Gasteiger partial charge on any atom is 0.277 e. The maximum atomic E-state index is 13.8. The zero-order chi connectivity index (χ0) is 28.6. The number of nitrogens with two attached hydrogens (primary N) is 1. The number of amides is 3. The van der Waals surface area contributed by atoms with Crippen molar-refractivity contribution in [2.24, 2.45) is 11.7 Å². The Kier molecular flexibility index (Phi) is 7.12. The smallest absolute Gasteiger partial charge is 0.277 e. The molecule has 0 fully saturated rings. The Labute approximate surface area is 231 Å². The molecule has 11 nitrogen and oxygen atoms in total. The van der Waals surface area contributed by atoms with Crippen molar-refractivity contribution in [1.82, 2.24) is 24.2 Å². The molecule has 3 heterocycles. The third kappa shape index (κ3) is 4.81. The van der Waals surface area contributed by atoms with Crippen molar-refractivity contribution in [3.8, 4) is 17.1 Å². The second-order valence-electron chi connectivity index (χ2n) is 9.94. The molecule has 0 saturated heterocycles. The van der Waals surface area contributed by atoms with Crippen LogP contribution in [0.4, 0.5) is 5.69 Å². The highest BCUT2D eigenvalue weighted by Crippen LogP contribution is 2.30. The van der Waals surface area contributed by atoms with Crippen molar-refractivity contribution in [3.63, 3.8) is 0 Å². The van der Waals surface area contributed by atoms with Gasteiger partial charge in [0.15, 0.2) is 5.69 Å². The van der Waals surface area contributed by atoms with Crippen LogP contribution in [-0.2, 0) is 17.8 Å². The van der Waals surface area contributed by atoms with Crippen LogP contribution in [0, 0.1) is 5.92 Å². The molecule has 0 spiro atoms. The number of methoxy groups -OCH3 is 1. The zero-order valence-corrected chi connectivity index (χ0v) is 22.9. The number of carbonyl (C=O) groups excluding carboxylic acids is 3. The average molecular weight is 542 g/mol. The largest absolute Gasteiger partial charge is 0.497 e. The minimum Gasteiger partial charge on any atom is -0.497 e. The lowest BCUT2D eigenvalue weighted by atomic mass is 10.0. The van der Waals surface area contributed by atoms with Gasteiger partial charge in [0.25, 0.3) is 11.8 Å². The van der Waals surface area contributed by atoms with Gasteiger partial charge in [-0.05, 0) is 55.0 Å². The van der Waals surface area contributed by atoms with Crippen molar-refractivity contribution >= 4 is 23.4 Å². The van der Waals surface area contributed by atoms with Gasteiger partial charge in [-0.2, -0.15) is 5.10 Å². The molecular weight excluding hydrogens is 510 g/mol. The van der Waals surface area contributed by atoms with E-state index in [0.717, 1.165) is 11.5 Å². The average Bonchev–Trinajstić information content (AvgIpc) is 3.58. The molecule has 3 amide bonds. The Balaban J connectivity index is 1.43. The third-order valence-corrected chi connectivity index (χ3v) is 6.97. The fraction of sp³-hybridized carbons (Fsp3) is 0.276. The molecule has 0 saturated carbocycles. The SMILES string of the molecule is COc1ccc(-n2nc(C(N)=O)c3c2C(=O)N(c2ccc(-n4ccnc4CN(C)C(=O)C(C)C)cc2)CC3)cc1. The van der Waals surface area contributed by atoms with Crippen molar-refractivity contribution in [1.29, 1.82) is 0 Å². The van der Waals surface area contributed by atoms with Crippen LogP contribution in [0.5, 0.6) is 5.75 Å². The Morgan fingerprint density at radius 2 is 1.70 bits per heavy atom. The second-order valence-corrected chi connectivity index (χ2v) is 9.94. The van der Waals surface area contributed by atoms with E-state index in [1.807, 2.05) is 48.9 Å². The molecular formula is C29H31N7O4. The van der Waals surface area contributed by atoms with Crippen LogP contribution < -0.4 is 15.4 Å².